The van der Waals surface area contributed by atoms with Gasteiger partial charge in [-0.25, -0.2) is 0 Å². The van der Waals surface area contributed by atoms with Gasteiger partial charge in [0.05, 0.1) is 5.52 Å². The topological polar surface area (TPSA) is 19.0 Å². The molecule has 0 unspecified atom stereocenters. The first-order valence-electron chi connectivity index (χ1n) is 6.59. The van der Waals surface area contributed by atoms with Crippen molar-refractivity contribution < 1.29 is 0 Å². The molecule has 0 fully saturated rings. The lowest BCUT2D eigenvalue weighted by atomic mass is 10.1. The molecular formula is C16H18N2. The van der Waals surface area contributed by atoms with E-state index in [1.807, 2.05) is 0 Å². The van der Waals surface area contributed by atoms with Gasteiger partial charge < -0.3 is 9.88 Å². The predicted molar refractivity (Wildman–Crippen MR) is 79.4 cm³/mol. The number of anilines is 1. The maximum Gasteiger partial charge on any atom is 0.106 e. The van der Waals surface area contributed by atoms with Crippen LogP contribution in [0.25, 0.3) is 21.7 Å². The van der Waals surface area contributed by atoms with Crippen LogP contribution < -0.4 is 4.90 Å². The lowest BCUT2D eigenvalue weighted by molar-refractivity contribution is 0.853. The van der Waals surface area contributed by atoms with Gasteiger partial charge in [-0.1, -0.05) is 36.4 Å². The largest absolute Gasteiger partial charge is 0.359 e. The Morgan fingerprint density at radius 1 is 0.944 bits per heavy atom. The number of fused-ring (bicyclic) bond motifs is 3. The molecule has 3 rings (SSSR count). The number of benzene rings is 2. The minimum Gasteiger partial charge on any atom is -0.359 e. The Morgan fingerprint density at radius 3 is 2.44 bits per heavy atom. The van der Waals surface area contributed by atoms with Crippen LogP contribution in [0.1, 0.15) is 13.8 Å². The van der Waals surface area contributed by atoms with Gasteiger partial charge in [0.1, 0.15) is 5.82 Å². The van der Waals surface area contributed by atoms with Gasteiger partial charge in [0.15, 0.2) is 0 Å². The molecular weight excluding hydrogens is 220 g/mol. The molecule has 0 aliphatic heterocycles. The van der Waals surface area contributed by atoms with Crippen LogP contribution in [0.4, 0.5) is 5.82 Å². The van der Waals surface area contributed by atoms with Crippen LogP contribution in [0, 0.1) is 0 Å². The molecule has 1 heterocycles. The fraction of sp³-hybridized carbons (Fsp3) is 0.250. The van der Waals surface area contributed by atoms with E-state index in [2.05, 4.69) is 66.2 Å². The third-order valence-electron chi connectivity index (χ3n) is 3.61. The van der Waals surface area contributed by atoms with Crippen molar-refractivity contribution in [3.05, 3.63) is 42.5 Å². The second-order valence-electron chi connectivity index (χ2n) is 4.58. The molecule has 18 heavy (non-hydrogen) atoms. The van der Waals surface area contributed by atoms with Crippen molar-refractivity contribution in [3.63, 3.8) is 0 Å². The highest BCUT2D eigenvalue weighted by Crippen LogP contribution is 2.28. The summed E-state index contributed by atoms with van der Waals surface area (Å²) in [5.74, 6) is 1.21. The Hall–Kier alpha value is -1.96. The monoisotopic (exact) mass is 238 g/mol. The van der Waals surface area contributed by atoms with E-state index in [1.165, 1.54) is 27.5 Å². The van der Waals surface area contributed by atoms with E-state index < -0.39 is 0 Å². The highest BCUT2D eigenvalue weighted by molar-refractivity contribution is 6.06. The van der Waals surface area contributed by atoms with Crippen molar-refractivity contribution in [3.8, 4) is 0 Å². The smallest absolute Gasteiger partial charge is 0.106 e. The molecule has 3 aromatic rings. The second kappa shape index (κ2) is 4.37. The number of rotatable bonds is 3. The Bertz CT molecular complexity index is 678. The average Bonchev–Trinajstić information content (AvgIpc) is 2.84. The third-order valence-corrected chi connectivity index (χ3v) is 3.61. The lowest BCUT2D eigenvalue weighted by Gasteiger charge is -2.18. The summed E-state index contributed by atoms with van der Waals surface area (Å²) in [5, 5.41) is 3.88. The fourth-order valence-corrected chi connectivity index (χ4v) is 2.59. The zero-order chi connectivity index (χ0) is 12.5. The summed E-state index contributed by atoms with van der Waals surface area (Å²) in [7, 11) is 0. The fourth-order valence-electron chi connectivity index (χ4n) is 2.59. The van der Waals surface area contributed by atoms with Crippen molar-refractivity contribution in [2.75, 3.05) is 18.0 Å². The molecule has 2 heteroatoms. The maximum atomic E-state index is 3.57. The molecule has 92 valence electrons. The summed E-state index contributed by atoms with van der Waals surface area (Å²) in [6.07, 6.45) is 0. The van der Waals surface area contributed by atoms with Crippen LogP contribution in [0.3, 0.4) is 0 Å². The number of nitrogens with one attached hydrogen (secondary N) is 1. The number of H-pyrrole nitrogens is 1. The van der Waals surface area contributed by atoms with Crippen molar-refractivity contribution in [1.29, 1.82) is 0 Å². The van der Waals surface area contributed by atoms with Gasteiger partial charge in [0, 0.05) is 23.9 Å². The predicted octanol–water partition coefficient (Wildman–Crippen LogP) is 4.17. The first-order chi connectivity index (χ1) is 8.83. The molecule has 0 spiro atoms. The standard InChI is InChI=1S/C16H18N2/c1-3-18(4-2)15-11-13-10-9-12-7-5-6-8-14(12)16(13)17-15/h5-11,17H,3-4H2,1-2H3. The van der Waals surface area contributed by atoms with Crippen LogP contribution in [-0.4, -0.2) is 18.1 Å². The van der Waals surface area contributed by atoms with Crippen LogP contribution in [-0.2, 0) is 0 Å². The summed E-state index contributed by atoms with van der Waals surface area (Å²) < 4.78 is 0. The van der Waals surface area contributed by atoms with E-state index in [0.717, 1.165) is 13.1 Å². The normalized spacial score (nSPS) is 11.2. The molecule has 1 N–H and O–H groups in total. The Morgan fingerprint density at radius 2 is 1.67 bits per heavy atom. The number of hydrogen-bond acceptors (Lipinski definition) is 1. The molecule has 0 bridgehead atoms. The van der Waals surface area contributed by atoms with E-state index in [0.29, 0.717) is 0 Å². The zero-order valence-corrected chi connectivity index (χ0v) is 10.9. The molecule has 0 atom stereocenters. The van der Waals surface area contributed by atoms with E-state index in [4.69, 9.17) is 0 Å². The van der Waals surface area contributed by atoms with Crippen LogP contribution in [0.2, 0.25) is 0 Å². The molecule has 0 amide bonds. The van der Waals surface area contributed by atoms with Gasteiger partial charge in [0.25, 0.3) is 0 Å². The molecule has 0 radical (unpaired) electrons. The SMILES string of the molecule is CCN(CC)c1cc2ccc3ccccc3c2[nH]1. The Kier molecular flexibility index (Phi) is 2.71. The van der Waals surface area contributed by atoms with Gasteiger partial charge in [-0.05, 0) is 25.3 Å². The Balaban J connectivity index is 2.25. The molecule has 1 aromatic heterocycles. The van der Waals surface area contributed by atoms with Crippen molar-refractivity contribution >= 4 is 27.5 Å². The molecule has 0 saturated carbocycles. The first kappa shape index (κ1) is 11.1. The summed E-state index contributed by atoms with van der Waals surface area (Å²) in [4.78, 5) is 5.91. The van der Waals surface area contributed by atoms with E-state index >= 15 is 0 Å². The van der Waals surface area contributed by atoms with Gasteiger partial charge in [0.2, 0.25) is 0 Å². The first-order valence-corrected chi connectivity index (χ1v) is 6.59. The zero-order valence-electron chi connectivity index (χ0n) is 10.9. The summed E-state index contributed by atoms with van der Waals surface area (Å²) >= 11 is 0. The summed E-state index contributed by atoms with van der Waals surface area (Å²) in [6, 6.07) is 15.2. The van der Waals surface area contributed by atoms with E-state index in [9.17, 15) is 0 Å². The van der Waals surface area contributed by atoms with Crippen molar-refractivity contribution in [1.82, 2.24) is 4.98 Å². The van der Waals surface area contributed by atoms with Crippen LogP contribution >= 0.6 is 0 Å². The van der Waals surface area contributed by atoms with Crippen molar-refractivity contribution in [2.24, 2.45) is 0 Å². The molecule has 2 aromatic carbocycles. The van der Waals surface area contributed by atoms with Gasteiger partial charge in [-0.3, -0.25) is 0 Å². The summed E-state index contributed by atoms with van der Waals surface area (Å²) in [5.41, 5.74) is 1.25. The molecule has 0 aliphatic rings. The third kappa shape index (κ3) is 1.65. The number of aromatic nitrogens is 1. The highest BCUT2D eigenvalue weighted by Gasteiger charge is 2.08. The average molecular weight is 238 g/mol. The quantitative estimate of drug-likeness (QED) is 0.725. The highest BCUT2D eigenvalue weighted by atomic mass is 15.2. The lowest BCUT2D eigenvalue weighted by Crippen LogP contribution is -2.21. The van der Waals surface area contributed by atoms with Crippen LogP contribution in [0.5, 0.6) is 0 Å². The number of nitrogens with zero attached hydrogens (tertiary/aromatic N) is 1. The number of hydrogen-bond donors (Lipinski definition) is 1. The molecule has 2 nitrogen and oxygen atoms in total. The second-order valence-corrected chi connectivity index (χ2v) is 4.58. The van der Waals surface area contributed by atoms with E-state index in [-0.39, 0.29) is 0 Å². The number of aromatic amines is 1. The van der Waals surface area contributed by atoms with Gasteiger partial charge >= 0.3 is 0 Å². The minimum absolute atomic E-state index is 1.03. The van der Waals surface area contributed by atoms with Gasteiger partial charge in [-0.2, -0.15) is 0 Å². The van der Waals surface area contributed by atoms with E-state index in [1.54, 1.807) is 0 Å². The van der Waals surface area contributed by atoms with Gasteiger partial charge in [-0.15, -0.1) is 0 Å². The maximum absolute atomic E-state index is 3.57. The molecule has 0 saturated heterocycles. The van der Waals surface area contributed by atoms with Crippen molar-refractivity contribution in [2.45, 2.75) is 13.8 Å². The van der Waals surface area contributed by atoms with Crippen LogP contribution in [0.15, 0.2) is 42.5 Å². The minimum atomic E-state index is 1.03. The molecule has 0 aliphatic carbocycles. The summed E-state index contributed by atoms with van der Waals surface area (Å²) in [6.45, 7) is 6.43. The Labute approximate surface area is 107 Å².